The summed E-state index contributed by atoms with van der Waals surface area (Å²) < 4.78 is 15.7. The second-order valence-electron chi connectivity index (χ2n) is 10.5. The monoisotopic (exact) mass is 498 g/mol. The largest absolute Gasteiger partial charge is 0.459 e. The van der Waals surface area contributed by atoms with Gasteiger partial charge in [0.05, 0.1) is 0 Å². The van der Waals surface area contributed by atoms with Crippen LogP contribution < -0.4 is 10.6 Å². The van der Waals surface area contributed by atoms with Crippen molar-refractivity contribution in [3.05, 3.63) is 12.7 Å². The van der Waals surface area contributed by atoms with E-state index in [1.165, 1.54) is 0 Å². The van der Waals surface area contributed by atoms with Crippen molar-refractivity contribution in [2.45, 2.75) is 91.2 Å². The number of alkyl carbamates (subject to hydrolysis) is 1. The minimum absolute atomic E-state index is 0.00923. The molecule has 3 unspecified atom stereocenters. The zero-order valence-corrected chi connectivity index (χ0v) is 22.0. The number of hydrogen-bond acceptors (Lipinski definition) is 7. The van der Waals surface area contributed by atoms with Crippen molar-refractivity contribution in [2.24, 2.45) is 10.8 Å². The van der Waals surface area contributed by atoms with Gasteiger partial charge in [-0.2, -0.15) is 0 Å². The molecule has 9 nitrogen and oxygen atoms in total. The predicted molar refractivity (Wildman–Crippen MR) is 134 cm³/mol. The van der Waals surface area contributed by atoms with Gasteiger partial charge in [0.15, 0.2) is 0 Å². The highest BCUT2D eigenvalue weighted by Gasteiger charge is 2.42. The van der Waals surface area contributed by atoms with Crippen LogP contribution >= 0.6 is 0 Å². The van der Waals surface area contributed by atoms with Gasteiger partial charge in [-0.15, -0.1) is 0 Å². The molecule has 202 valence electrons. The molecule has 1 aliphatic rings. The first kappa shape index (κ1) is 30.9. The van der Waals surface area contributed by atoms with Gasteiger partial charge in [-0.1, -0.05) is 47.1 Å². The van der Waals surface area contributed by atoms with Crippen molar-refractivity contribution in [3.63, 3.8) is 0 Å². The van der Waals surface area contributed by atoms with Crippen LogP contribution in [0.3, 0.4) is 0 Å². The first-order valence-electron chi connectivity index (χ1n) is 12.8. The average molecular weight is 499 g/mol. The third-order valence-electron chi connectivity index (χ3n) is 6.21. The molecule has 9 heteroatoms. The number of carbonyl (C=O) groups is 3. The number of aliphatic hydroxyl groups excluding tert-OH is 1. The minimum atomic E-state index is -0.566. The predicted octanol–water partition coefficient (Wildman–Crippen LogP) is 3.49. The average Bonchev–Trinajstić information content (AvgIpc) is 2.78. The van der Waals surface area contributed by atoms with E-state index in [-0.39, 0.29) is 42.6 Å². The fourth-order valence-electron chi connectivity index (χ4n) is 5.01. The molecule has 3 atom stereocenters. The molecule has 3 N–H and O–H groups in total. The van der Waals surface area contributed by atoms with Crippen LogP contribution in [0.25, 0.3) is 0 Å². The molecule has 1 rings (SSSR count). The Balaban J connectivity index is 2.52. The van der Waals surface area contributed by atoms with Gasteiger partial charge in [0, 0.05) is 31.9 Å². The molecule has 0 aromatic rings. The van der Waals surface area contributed by atoms with E-state index in [4.69, 9.17) is 19.3 Å². The highest BCUT2D eigenvalue weighted by Crippen LogP contribution is 2.45. The fraction of sp³-hybridized carbons (Fsp3) is 0.808. The second kappa shape index (κ2) is 15.8. The maximum Gasteiger partial charge on any atom is 0.407 e. The summed E-state index contributed by atoms with van der Waals surface area (Å²) in [6.45, 7) is 12.8. The number of unbranched alkanes of at least 4 members (excludes halogenated alkanes) is 3. The summed E-state index contributed by atoms with van der Waals surface area (Å²) in [6.07, 6.45) is 6.69. The van der Waals surface area contributed by atoms with E-state index >= 15 is 0 Å². The van der Waals surface area contributed by atoms with Crippen LogP contribution in [0, 0.1) is 10.8 Å². The number of rotatable bonds is 16. The third kappa shape index (κ3) is 12.9. The molecule has 1 fully saturated rings. The van der Waals surface area contributed by atoms with Crippen LogP contribution in [0.15, 0.2) is 12.7 Å². The molecule has 0 saturated heterocycles. The summed E-state index contributed by atoms with van der Waals surface area (Å²) in [5, 5.41) is 14.9. The maximum absolute atomic E-state index is 12.9. The Morgan fingerprint density at radius 1 is 1.06 bits per heavy atom. The molecule has 1 aliphatic carbocycles. The van der Waals surface area contributed by atoms with E-state index in [1.54, 1.807) is 0 Å². The van der Waals surface area contributed by atoms with E-state index in [1.807, 2.05) is 6.92 Å². The molecular formula is C26H46N2O7. The molecule has 1 saturated carbocycles. The first-order valence-corrected chi connectivity index (χ1v) is 12.8. The summed E-state index contributed by atoms with van der Waals surface area (Å²) in [7, 11) is 0. The molecule has 0 radical (unpaired) electrons. The Labute approximate surface area is 210 Å². The zero-order chi connectivity index (χ0) is 26.3. The summed E-state index contributed by atoms with van der Waals surface area (Å²) in [5.41, 5.74) is -0.228. The van der Waals surface area contributed by atoms with Crippen molar-refractivity contribution in [1.82, 2.24) is 10.6 Å². The van der Waals surface area contributed by atoms with E-state index in [9.17, 15) is 14.4 Å². The third-order valence-corrected chi connectivity index (χ3v) is 6.21. The molecule has 0 bridgehead atoms. The number of ether oxygens (including phenoxy) is 3. The lowest BCUT2D eigenvalue weighted by Crippen LogP contribution is -2.52. The lowest BCUT2D eigenvalue weighted by molar-refractivity contribution is -0.138. The maximum atomic E-state index is 12.9. The zero-order valence-electron chi connectivity index (χ0n) is 22.0. The standard InChI is InChI=1S/C26H46N2O7/c1-6-21(33-13-11-9-8-10-12-29)23(31)28-20-16-25(3,4)18-26(5,17-20)19-27-24(32)35-15-14-34-22(30)7-2/h7,20-21,29H,2,6,8-19H2,1,3-5H3,(H,27,32)(H,28,31). The van der Waals surface area contributed by atoms with E-state index in [0.717, 1.165) is 51.0 Å². The van der Waals surface area contributed by atoms with Crippen molar-refractivity contribution in [1.29, 1.82) is 0 Å². The van der Waals surface area contributed by atoms with Gasteiger partial charge >= 0.3 is 12.1 Å². The number of hydrogen-bond donors (Lipinski definition) is 3. The van der Waals surface area contributed by atoms with Gasteiger partial charge in [-0.25, -0.2) is 9.59 Å². The van der Waals surface area contributed by atoms with Crippen LogP contribution in [0.5, 0.6) is 0 Å². The van der Waals surface area contributed by atoms with Crippen molar-refractivity contribution < 1.29 is 33.7 Å². The molecule has 0 aromatic carbocycles. The highest BCUT2D eigenvalue weighted by molar-refractivity contribution is 5.81. The Hall–Kier alpha value is -2.13. The minimum Gasteiger partial charge on any atom is -0.459 e. The van der Waals surface area contributed by atoms with Gasteiger partial charge < -0.3 is 30.0 Å². The number of aliphatic hydroxyl groups is 1. The molecular weight excluding hydrogens is 452 g/mol. The number of nitrogens with one attached hydrogen (secondary N) is 2. The number of amides is 2. The summed E-state index contributed by atoms with van der Waals surface area (Å²) in [6, 6.07) is -0.0189. The van der Waals surface area contributed by atoms with Crippen molar-refractivity contribution >= 4 is 18.0 Å². The second-order valence-corrected chi connectivity index (χ2v) is 10.5. The van der Waals surface area contributed by atoms with Crippen molar-refractivity contribution in [2.75, 3.05) is 33.0 Å². The number of esters is 1. The van der Waals surface area contributed by atoms with Crippen LogP contribution in [0.1, 0.15) is 79.1 Å². The van der Waals surface area contributed by atoms with Crippen molar-refractivity contribution in [3.8, 4) is 0 Å². The van der Waals surface area contributed by atoms with Crippen LogP contribution in [0.2, 0.25) is 0 Å². The Bertz CT molecular complexity index is 683. The summed E-state index contributed by atoms with van der Waals surface area (Å²) in [5.74, 6) is -0.651. The lowest BCUT2D eigenvalue weighted by atomic mass is 9.62. The normalized spacial score (nSPS) is 22.0. The van der Waals surface area contributed by atoms with Crippen LogP contribution in [-0.2, 0) is 23.8 Å². The van der Waals surface area contributed by atoms with Gasteiger partial charge in [0.1, 0.15) is 19.3 Å². The molecule has 0 aliphatic heterocycles. The van der Waals surface area contributed by atoms with E-state index < -0.39 is 18.2 Å². The summed E-state index contributed by atoms with van der Waals surface area (Å²) >= 11 is 0. The topological polar surface area (TPSA) is 123 Å². The van der Waals surface area contributed by atoms with Crippen LogP contribution in [-0.4, -0.2) is 68.2 Å². The van der Waals surface area contributed by atoms with Crippen LogP contribution in [0.4, 0.5) is 4.79 Å². The lowest BCUT2D eigenvalue weighted by Gasteiger charge is -2.47. The quantitative estimate of drug-likeness (QED) is 0.169. The van der Waals surface area contributed by atoms with E-state index in [2.05, 4.69) is 38.0 Å². The number of carbonyl (C=O) groups excluding carboxylic acids is 3. The summed E-state index contributed by atoms with van der Waals surface area (Å²) in [4.78, 5) is 36.0. The van der Waals surface area contributed by atoms with Gasteiger partial charge in [-0.3, -0.25) is 4.79 Å². The fourth-order valence-corrected chi connectivity index (χ4v) is 5.01. The van der Waals surface area contributed by atoms with E-state index in [0.29, 0.717) is 19.6 Å². The molecule has 0 aromatic heterocycles. The smallest absolute Gasteiger partial charge is 0.407 e. The molecule has 0 heterocycles. The van der Waals surface area contributed by atoms with Gasteiger partial charge in [0.25, 0.3) is 0 Å². The molecule has 0 spiro atoms. The Kier molecular flexibility index (Phi) is 13.9. The molecule has 2 amide bonds. The SMILES string of the molecule is C=CC(=O)OCCOC(=O)NCC1(C)CC(NC(=O)C(CC)OCCCCCCO)CC(C)(C)C1. The van der Waals surface area contributed by atoms with Gasteiger partial charge in [0.2, 0.25) is 5.91 Å². The Morgan fingerprint density at radius 2 is 1.74 bits per heavy atom. The molecule has 35 heavy (non-hydrogen) atoms. The highest BCUT2D eigenvalue weighted by atomic mass is 16.6. The first-order chi connectivity index (χ1) is 16.5. The Morgan fingerprint density at radius 3 is 2.40 bits per heavy atom. The van der Waals surface area contributed by atoms with Gasteiger partial charge in [-0.05, 0) is 49.4 Å².